The maximum Gasteiger partial charge on any atom is 0.169 e. The average Bonchev–Trinajstić information content (AvgIpc) is 2.77. The Balaban J connectivity index is 2.39. The van der Waals surface area contributed by atoms with Gasteiger partial charge in [-0.25, -0.2) is 0 Å². The van der Waals surface area contributed by atoms with Crippen LogP contribution >= 0.6 is 47.8 Å². The normalized spacial score (nSPS) is 12.4. The maximum absolute atomic E-state index is 5.64. The smallest absolute Gasteiger partial charge is 0.169 e. The monoisotopic (exact) mass is 436 g/mol. The molecule has 0 saturated carbocycles. The summed E-state index contributed by atoms with van der Waals surface area (Å²) in [5.41, 5.74) is 1.04. The first-order valence-electron chi connectivity index (χ1n) is 5.43. The molecule has 1 heterocycles. The van der Waals surface area contributed by atoms with Crippen molar-refractivity contribution in [2.45, 2.75) is 11.8 Å². The summed E-state index contributed by atoms with van der Waals surface area (Å²) < 4.78 is 12.9. The highest BCUT2D eigenvalue weighted by Gasteiger charge is 2.19. The molecule has 0 aliphatic carbocycles. The van der Waals surface area contributed by atoms with Gasteiger partial charge in [0.25, 0.3) is 0 Å². The van der Waals surface area contributed by atoms with Crippen molar-refractivity contribution in [3.63, 3.8) is 0 Å². The topological polar surface area (TPSA) is 22.4 Å². The van der Waals surface area contributed by atoms with Gasteiger partial charge in [-0.2, -0.15) is 0 Å². The predicted octanol–water partition coefficient (Wildman–Crippen LogP) is 5.69. The highest BCUT2D eigenvalue weighted by molar-refractivity contribution is 9.10. The molecule has 0 aliphatic rings. The van der Waals surface area contributed by atoms with Gasteiger partial charge in [0.1, 0.15) is 16.3 Å². The van der Waals surface area contributed by atoms with Crippen LogP contribution in [0, 0.1) is 0 Å². The molecule has 0 spiro atoms. The molecule has 0 fully saturated rings. The van der Waals surface area contributed by atoms with E-state index in [0.717, 1.165) is 26.2 Å². The van der Waals surface area contributed by atoms with E-state index < -0.39 is 0 Å². The maximum atomic E-state index is 5.64. The zero-order chi connectivity index (χ0) is 13.1. The number of halogens is 3. The Kier molecular flexibility index (Phi) is 4.92. The van der Waals surface area contributed by atoms with Crippen LogP contribution in [0.2, 0.25) is 0 Å². The highest BCUT2D eigenvalue weighted by atomic mass is 79.9. The fourth-order valence-corrected chi connectivity index (χ4v) is 2.92. The van der Waals surface area contributed by atoms with Gasteiger partial charge in [-0.05, 0) is 53.2 Å². The third kappa shape index (κ3) is 3.19. The Labute approximate surface area is 131 Å². The molecule has 2 aromatic rings. The molecule has 2 rings (SSSR count). The summed E-state index contributed by atoms with van der Waals surface area (Å²) in [5.74, 6) is 1.69. The van der Waals surface area contributed by atoms with Crippen molar-refractivity contribution >= 4 is 47.8 Å². The molecule has 5 heteroatoms. The average molecular weight is 439 g/mol. The largest absolute Gasteiger partial charge is 0.494 e. The molecule has 1 aromatic heterocycles. The molecule has 1 atom stereocenters. The lowest BCUT2D eigenvalue weighted by Crippen LogP contribution is -1.99. The number of furan rings is 1. The fourth-order valence-electron chi connectivity index (χ4n) is 1.62. The summed E-state index contributed by atoms with van der Waals surface area (Å²) in [7, 11) is 0. The third-order valence-electron chi connectivity index (χ3n) is 2.39. The van der Waals surface area contributed by atoms with Crippen molar-refractivity contribution in [1.29, 1.82) is 0 Å². The summed E-state index contributed by atoms with van der Waals surface area (Å²) in [5, 5.41) is 0. The van der Waals surface area contributed by atoms with Crippen LogP contribution in [-0.2, 0) is 0 Å². The summed E-state index contributed by atoms with van der Waals surface area (Å²) >= 11 is 10.4. The van der Waals surface area contributed by atoms with Gasteiger partial charge in [-0.1, -0.05) is 31.9 Å². The van der Waals surface area contributed by atoms with Crippen molar-refractivity contribution in [2.24, 2.45) is 0 Å². The molecule has 18 heavy (non-hydrogen) atoms. The second-order valence-corrected chi connectivity index (χ2v) is 6.23. The van der Waals surface area contributed by atoms with Crippen molar-refractivity contribution in [1.82, 2.24) is 0 Å². The standard InChI is InChI=1S/C13H11Br3O2/c1-2-17-10-4-3-8(14)7-9(10)13(16)11-5-6-12(15)18-11/h3-7,13H,2H2,1H3. The van der Waals surface area contributed by atoms with Gasteiger partial charge in [0.15, 0.2) is 4.67 Å². The lowest BCUT2D eigenvalue weighted by molar-refractivity contribution is 0.336. The van der Waals surface area contributed by atoms with E-state index >= 15 is 0 Å². The number of ether oxygens (including phenoxy) is 1. The van der Waals surface area contributed by atoms with E-state index in [-0.39, 0.29) is 4.83 Å². The fraction of sp³-hybridized carbons (Fsp3) is 0.231. The van der Waals surface area contributed by atoms with Crippen LogP contribution in [0.25, 0.3) is 0 Å². The highest BCUT2D eigenvalue weighted by Crippen LogP contribution is 2.39. The Morgan fingerprint density at radius 1 is 1.22 bits per heavy atom. The van der Waals surface area contributed by atoms with E-state index in [4.69, 9.17) is 9.15 Å². The Morgan fingerprint density at radius 2 is 2.00 bits per heavy atom. The van der Waals surface area contributed by atoms with Crippen LogP contribution in [0.5, 0.6) is 5.75 Å². The van der Waals surface area contributed by atoms with Gasteiger partial charge in [-0.3, -0.25) is 0 Å². The molecule has 0 bridgehead atoms. The van der Waals surface area contributed by atoms with Crippen LogP contribution < -0.4 is 4.74 Å². The molecule has 1 aromatic carbocycles. The van der Waals surface area contributed by atoms with Crippen molar-refractivity contribution in [2.75, 3.05) is 6.61 Å². The van der Waals surface area contributed by atoms with Gasteiger partial charge in [-0.15, -0.1) is 0 Å². The van der Waals surface area contributed by atoms with Crippen LogP contribution in [0.4, 0.5) is 0 Å². The third-order valence-corrected chi connectivity index (χ3v) is 4.25. The lowest BCUT2D eigenvalue weighted by atomic mass is 10.1. The second kappa shape index (κ2) is 6.26. The molecular formula is C13H11Br3O2. The van der Waals surface area contributed by atoms with Gasteiger partial charge < -0.3 is 9.15 Å². The Hall–Kier alpha value is -0.260. The van der Waals surface area contributed by atoms with Crippen LogP contribution in [0.1, 0.15) is 23.1 Å². The minimum absolute atomic E-state index is 0.0390. The molecule has 0 N–H and O–H groups in total. The van der Waals surface area contributed by atoms with E-state index in [1.807, 2.05) is 37.3 Å². The van der Waals surface area contributed by atoms with Gasteiger partial charge in [0, 0.05) is 10.0 Å². The number of rotatable bonds is 4. The van der Waals surface area contributed by atoms with E-state index in [0.29, 0.717) is 6.61 Å². The minimum atomic E-state index is -0.0390. The number of hydrogen-bond donors (Lipinski definition) is 0. The molecule has 0 aliphatic heterocycles. The summed E-state index contributed by atoms with van der Waals surface area (Å²) in [6.45, 7) is 2.61. The SMILES string of the molecule is CCOc1ccc(Br)cc1C(Br)c1ccc(Br)o1. The zero-order valence-electron chi connectivity index (χ0n) is 9.62. The molecule has 0 saturated heterocycles. The first kappa shape index (κ1) is 14.2. The van der Waals surface area contributed by atoms with Gasteiger partial charge in [0.2, 0.25) is 0 Å². The van der Waals surface area contributed by atoms with Crippen molar-refractivity contribution in [3.05, 3.63) is 50.8 Å². The van der Waals surface area contributed by atoms with Crippen molar-refractivity contribution in [3.8, 4) is 5.75 Å². The van der Waals surface area contributed by atoms with Crippen LogP contribution in [-0.4, -0.2) is 6.61 Å². The predicted molar refractivity (Wildman–Crippen MR) is 82.5 cm³/mol. The van der Waals surface area contributed by atoms with Crippen molar-refractivity contribution < 1.29 is 9.15 Å². The zero-order valence-corrected chi connectivity index (χ0v) is 14.4. The Bertz CT molecular complexity index is 537. The molecule has 0 amide bonds. The van der Waals surface area contributed by atoms with Gasteiger partial charge >= 0.3 is 0 Å². The first-order chi connectivity index (χ1) is 8.61. The number of hydrogen-bond acceptors (Lipinski definition) is 2. The second-order valence-electron chi connectivity index (χ2n) is 3.62. The van der Waals surface area contributed by atoms with E-state index in [1.54, 1.807) is 0 Å². The Morgan fingerprint density at radius 3 is 2.61 bits per heavy atom. The minimum Gasteiger partial charge on any atom is -0.494 e. The van der Waals surface area contributed by atoms with Gasteiger partial charge in [0.05, 0.1) is 6.61 Å². The summed E-state index contributed by atoms with van der Waals surface area (Å²) in [6.07, 6.45) is 0. The quantitative estimate of drug-likeness (QED) is 0.572. The molecular weight excluding hydrogens is 428 g/mol. The van der Waals surface area contributed by atoms with Crippen LogP contribution in [0.3, 0.4) is 0 Å². The molecule has 0 radical (unpaired) electrons. The van der Waals surface area contributed by atoms with Crippen LogP contribution in [0.15, 0.2) is 43.9 Å². The molecule has 2 nitrogen and oxygen atoms in total. The van der Waals surface area contributed by atoms with E-state index in [2.05, 4.69) is 47.8 Å². The van der Waals surface area contributed by atoms with E-state index in [1.165, 1.54) is 0 Å². The van der Waals surface area contributed by atoms with E-state index in [9.17, 15) is 0 Å². The molecule has 1 unspecified atom stereocenters. The lowest BCUT2D eigenvalue weighted by Gasteiger charge is -2.14. The summed E-state index contributed by atoms with van der Waals surface area (Å²) in [4.78, 5) is -0.0390. The number of benzene rings is 1. The first-order valence-corrected chi connectivity index (χ1v) is 7.93. The summed E-state index contributed by atoms with van der Waals surface area (Å²) in [6, 6.07) is 9.75. The molecule has 96 valence electrons. The number of alkyl halides is 1.